The number of ether oxygens (including phenoxy) is 3. The number of benzene rings is 1. The van der Waals surface area contributed by atoms with Gasteiger partial charge in [-0.1, -0.05) is 0 Å². The van der Waals surface area contributed by atoms with Crippen LogP contribution < -0.4 is 14.8 Å². The van der Waals surface area contributed by atoms with Crippen molar-refractivity contribution in [2.75, 3.05) is 34.5 Å². The zero-order valence-corrected chi connectivity index (χ0v) is 16.0. The molecule has 0 saturated heterocycles. The predicted octanol–water partition coefficient (Wildman–Crippen LogP) is 2.70. The van der Waals surface area contributed by atoms with Gasteiger partial charge in [-0.2, -0.15) is 5.10 Å². The molecule has 0 fully saturated rings. The number of carbonyl (C=O) groups is 1. The van der Waals surface area contributed by atoms with Crippen molar-refractivity contribution >= 4 is 27.5 Å². The third-order valence-electron chi connectivity index (χ3n) is 3.98. The van der Waals surface area contributed by atoms with E-state index in [4.69, 9.17) is 14.2 Å². The van der Waals surface area contributed by atoms with Crippen LogP contribution in [0.1, 0.15) is 9.67 Å². The molecule has 0 spiro atoms. The summed E-state index contributed by atoms with van der Waals surface area (Å²) in [6, 6.07) is 7.54. The van der Waals surface area contributed by atoms with Crippen molar-refractivity contribution in [3.63, 3.8) is 0 Å². The molecule has 0 saturated carbocycles. The van der Waals surface area contributed by atoms with Gasteiger partial charge in [0, 0.05) is 31.7 Å². The Morgan fingerprint density at radius 1 is 1.19 bits per heavy atom. The molecule has 8 heteroatoms. The van der Waals surface area contributed by atoms with Gasteiger partial charge >= 0.3 is 0 Å². The van der Waals surface area contributed by atoms with Gasteiger partial charge in [0.2, 0.25) is 0 Å². The molecular formula is C18H21N3O4S. The quantitative estimate of drug-likeness (QED) is 0.643. The second kappa shape index (κ2) is 7.76. The van der Waals surface area contributed by atoms with E-state index in [9.17, 15) is 4.79 Å². The lowest BCUT2D eigenvalue weighted by Crippen LogP contribution is -2.26. The highest BCUT2D eigenvalue weighted by Crippen LogP contribution is 2.37. The molecule has 1 aromatic carbocycles. The number of nitrogens with one attached hydrogen (secondary N) is 1. The van der Waals surface area contributed by atoms with E-state index < -0.39 is 0 Å². The molecule has 1 amide bonds. The molecule has 0 atom stereocenters. The van der Waals surface area contributed by atoms with Crippen LogP contribution in [0, 0.1) is 0 Å². The van der Waals surface area contributed by atoms with Gasteiger partial charge in [0.15, 0.2) is 11.5 Å². The summed E-state index contributed by atoms with van der Waals surface area (Å²) in [4.78, 5) is 13.9. The number of carbonyl (C=O) groups excluding carboxylic acids is 1. The largest absolute Gasteiger partial charge is 0.493 e. The van der Waals surface area contributed by atoms with E-state index in [0.717, 1.165) is 21.5 Å². The van der Waals surface area contributed by atoms with Crippen LogP contribution in [0.5, 0.6) is 11.5 Å². The second-order valence-corrected chi connectivity index (χ2v) is 6.65. The summed E-state index contributed by atoms with van der Waals surface area (Å²) in [5.74, 6) is 1.19. The maximum Gasteiger partial charge on any atom is 0.261 e. The molecular weight excluding hydrogens is 354 g/mol. The van der Waals surface area contributed by atoms with E-state index >= 15 is 0 Å². The molecule has 0 aliphatic carbocycles. The summed E-state index contributed by atoms with van der Waals surface area (Å²) >= 11 is 1.41. The third kappa shape index (κ3) is 3.38. The smallest absolute Gasteiger partial charge is 0.261 e. The van der Waals surface area contributed by atoms with Gasteiger partial charge in [0.05, 0.1) is 25.7 Å². The molecule has 1 N–H and O–H groups in total. The maximum absolute atomic E-state index is 12.3. The summed E-state index contributed by atoms with van der Waals surface area (Å²) in [5, 5.41) is 8.38. The molecule has 7 nitrogen and oxygen atoms in total. The van der Waals surface area contributed by atoms with Crippen LogP contribution in [0.4, 0.5) is 0 Å². The molecule has 0 unspecified atom stereocenters. The highest BCUT2D eigenvalue weighted by molar-refractivity contribution is 7.20. The molecule has 0 aliphatic rings. The van der Waals surface area contributed by atoms with Crippen molar-refractivity contribution in [3.05, 3.63) is 29.1 Å². The average Bonchev–Trinajstić information content (AvgIpc) is 3.22. The first kappa shape index (κ1) is 18.2. The van der Waals surface area contributed by atoms with Gasteiger partial charge in [-0.05, 0) is 24.3 Å². The average molecular weight is 375 g/mol. The Balaban J connectivity index is 1.98. The van der Waals surface area contributed by atoms with Crippen LogP contribution in [0.3, 0.4) is 0 Å². The summed E-state index contributed by atoms with van der Waals surface area (Å²) in [7, 11) is 6.68. The molecule has 138 valence electrons. The number of methoxy groups -OCH3 is 3. The Bertz CT molecular complexity index is 932. The van der Waals surface area contributed by atoms with Gasteiger partial charge in [-0.3, -0.25) is 9.48 Å². The number of aryl methyl sites for hydroxylation is 1. The first-order chi connectivity index (χ1) is 12.6. The fourth-order valence-electron chi connectivity index (χ4n) is 2.70. The lowest BCUT2D eigenvalue weighted by Gasteiger charge is -2.08. The number of thiophene rings is 1. The standard InChI is InChI=1S/C18H21N3O4S/c1-21-18-12(10-15(26-18)17(22)19-7-8-23-2)16(20-21)11-5-6-13(24-3)14(9-11)25-4/h5-6,9-10H,7-8H2,1-4H3,(H,19,22). The van der Waals surface area contributed by atoms with E-state index in [-0.39, 0.29) is 5.91 Å². The minimum atomic E-state index is -0.110. The molecule has 0 aliphatic heterocycles. The van der Waals surface area contributed by atoms with Crippen molar-refractivity contribution in [2.24, 2.45) is 7.05 Å². The van der Waals surface area contributed by atoms with Crippen molar-refractivity contribution in [3.8, 4) is 22.8 Å². The Hall–Kier alpha value is -2.58. The Labute approximate surface area is 155 Å². The van der Waals surface area contributed by atoms with Crippen LogP contribution in [-0.2, 0) is 11.8 Å². The third-order valence-corrected chi connectivity index (χ3v) is 5.18. The summed E-state index contributed by atoms with van der Waals surface area (Å²) < 4.78 is 17.4. The van der Waals surface area contributed by atoms with Crippen molar-refractivity contribution < 1.29 is 19.0 Å². The van der Waals surface area contributed by atoms with Gasteiger partial charge in [-0.15, -0.1) is 11.3 Å². The fourth-order valence-corrected chi connectivity index (χ4v) is 3.69. The number of nitrogens with zero attached hydrogens (tertiary/aromatic N) is 2. The van der Waals surface area contributed by atoms with Crippen LogP contribution in [0.15, 0.2) is 24.3 Å². The maximum atomic E-state index is 12.3. The van der Waals surface area contributed by atoms with E-state index in [2.05, 4.69) is 10.4 Å². The second-order valence-electron chi connectivity index (χ2n) is 5.62. The number of amides is 1. The monoisotopic (exact) mass is 375 g/mol. The first-order valence-corrected chi connectivity index (χ1v) is 8.86. The summed E-state index contributed by atoms with van der Waals surface area (Å²) in [6.07, 6.45) is 0. The van der Waals surface area contributed by atoms with E-state index in [0.29, 0.717) is 29.5 Å². The van der Waals surface area contributed by atoms with E-state index in [1.807, 2.05) is 31.3 Å². The Morgan fingerprint density at radius 3 is 2.65 bits per heavy atom. The van der Waals surface area contributed by atoms with E-state index in [1.54, 1.807) is 26.0 Å². The first-order valence-electron chi connectivity index (χ1n) is 8.05. The Kier molecular flexibility index (Phi) is 5.43. The summed E-state index contributed by atoms with van der Waals surface area (Å²) in [5.41, 5.74) is 1.70. The number of hydrogen-bond acceptors (Lipinski definition) is 6. The zero-order chi connectivity index (χ0) is 18.7. The topological polar surface area (TPSA) is 74.6 Å². The van der Waals surface area contributed by atoms with Crippen LogP contribution in [0.2, 0.25) is 0 Å². The van der Waals surface area contributed by atoms with Gasteiger partial charge in [0.1, 0.15) is 10.5 Å². The highest BCUT2D eigenvalue weighted by Gasteiger charge is 2.18. The van der Waals surface area contributed by atoms with Gasteiger partial charge < -0.3 is 19.5 Å². The lowest BCUT2D eigenvalue weighted by atomic mass is 10.1. The normalized spacial score (nSPS) is 10.9. The van der Waals surface area contributed by atoms with Crippen LogP contribution >= 0.6 is 11.3 Å². The number of fused-ring (bicyclic) bond motifs is 1. The van der Waals surface area contributed by atoms with Crippen LogP contribution in [0.25, 0.3) is 21.5 Å². The van der Waals surface area contributed by atoms with Crippen molar-refractivity contribution in [2.45, 2.75) is 0 Å². The van der Waals surface area contributed by atoms with Gasteiger partial charge in [-0.25, -0.2) is 0 Å². The minimum absolute atomic E-state index is 0.110. The molecule has 3 rings (SSSR count). The minimum Gasteiger partial charge on any atom is -0.493 e. The highest BCUT2D eigenvalue weighted by atomic mass is 32.1. The van der Waals surface area contributed by atoms with Crippen molar-refractivity contribution in [1.82, 2.24) is 15.1 Å². The fraction of sp³-hybridized carbons (Fsp3) is 0.333. The number of aromatic nitrogens is 2. The number of rotatable bonds is 7. The van der Waals surface area contributed by atoms with E-state index in [1.165, 1.54) is 11.3 Å². The molecule has 3 aromatic rings. The molecule has 26 heavy (non-hydrogen) atoms. The zero-order valence-electron chi connectivity index (χ0n) is 15.2. The SMILES string of the molecule is COCCNC(=O)c1cc2c(-c3ccc(OC)c(OC)c3)nn(C)c2s1. The number of hydrogen-bond donors (Lipinski definition) is 1. The molecule has 2 heterocycles. The molecule has 2 aromatic heterocycles. The molecule has 0 radical (unpaired) electrons. The lowest BCUT2D eigenvalue weighted by molar-refractivity contribution is 0.0941. The molecule has 0 bridgehead atoms. The van der Waals surface area contributed by atoms with Crippen molar-refractivity contribution in [1.29, 1.82) is 0 Å². The van der Waals surface area contributed by atoms with Gasteiger partial charge in [0.25, 0.3) is 5.91 Å². The predicted molar refractivity (Wildman–Crippen MR) is 101 cm³/mol. The summed E-state index contributed by atoms with van der Waals surface area (Å²) in [6.45, 7) is 0.958. The Morgan fingerprint density at radius 2 is 1.96 bits per heavy atom. The van der Waals surface area contributed by atoms with Crippen LogP contribution in [-0.4, -0.2) is 50.2 Å².